The first-order valence-corrected chi connectivity index (χ1v) is 9.00. The Balaban J connectivity index is 1.57. The third kappa shape index (κ3) is 3.35. The fraction of sp³-hybridized carbons (Fsp3) is 0.286. The number of aromatic nitrogens is 1. The van der Waals surface area contributed by atoms with Crippen LogP contribution in [0, 0.1) is 5.82 Å². The normalized spacial score (nSPS) is 17.5. The van der Waals surface area contributed by atoms with Gasteiger partial charge in [-0.05, 0) is 37.1 Å². The minimum atomic E-state index is -0.187. The van der Waals surface area contributed by atoms with E-state index >= 15 is 0 Å². The second-order valence-corrected chi connectivity index (χ2v) is 6.73. The molecule has 2 heterocycles. The topological polar surface area (TPSA) is 48.4 Å². The van der Waals surface area contributed by atoms with Crippen molar-refractivity contribution in [1.29, 1.82) is 0 Å². The first kappa shape index (κ1) is 16.8. The lowest BCUT2D eigenvalue weighted by molar-refractivity contribution is 0.282. The highest BCUT2D eigenvalue weighted by Gasteiger charge is 2.23. The Hall–Kier alpha value is -2.66. The van der Waals surface area contributed by atoms with Crippen LogP contribution in [0.25, 0.3) is 10.9 Å². The zero-order chi connectivity index (χ0) is 17.9. The fourth-order valence-corrected chi connectivity index (χ4v) is 3.62. The van der Waals surface area contributed by atoms with Crippen LogP contribution in [0.5, 0.6) is 0 Å². The molecule has 0 saturated carbocycles. The number of benzene rings is 2. The number of hydrogen-bond donors (Lipinski definition) is 2. The number of para-hydroxylation sites is 2. The van der Waals surface area contributed by atoms with Crippen LogP contribution in [0.2, 0.25) is 0 Å². The lowest BCUT2D eigenvalue weighted by Gasteiger charge is -2.35. The highest BCUT2D eigenvalue weighted by Crippen LogP contribution is 2.26. The van der Waals surface area contributed by atoms with Crippen LogP contribution in [-0.2, 0) is 6.61 Å². The summed E-state index contributed by atoms with van der Waals surface area (Å²) in [6.07, 6.45) is 1.97. The van der Waals surface area contributed by atoms with Gasteiger partial charge in [-0.25, -0.2) is 9.37 Å². The second kappa shape index (κ2) is 7.30. The van der Waals surface area contributed by atoms with Crippen molar-refractivity contribution in [3.63, 3.8) is 0 Å². The molecule has 2 aromatic carbocycles. The second-order valence-electron chi connectivity index (χ2n) is 6.73. The summed E-state index contributed by atoms with van der Waals surface area (Å²) in [5.41, 5.74) is 2.33. The number of aliphatic hydroxyl groups excluding tert-OH is 1. The molecule has 1 atom stereocenters. The predicted octanol–water partition coefficient (Wildman–Crippen LogP) is 3.95. The van der Waals surface area contributed by atoms with Gasteiger partial charge in [0.2, 0.25) is 0 Å². The van der Waals surface area contributed by atoms with Crippen LogP contribution >= 0.6 is 0 Å². The summed E-state index contributed by atoms with van der Waals surface area (Å²) < 4.78 is 14.1. The van der Waals surface area contributed by atoms with Crippen LogP contribution in [0.3, 0.4) is 0 Å². The Morgan fingerprint density at radius 2 is 1.96 bits per heavy atom. The van der Waals surface area contributed by atoms with E-state index in [1.54, 1.807) is 6.07 Å². The monoisotopic (exact) mass is 351 g/mol. The lowest BCUT2D eigenvalue weighted by Crippen LogP contribution is -2.42. The van der Waals surface area contributed by atoms with Crippen molar-refractivity contribution >= 4 is 22.4 Å². The van der Waals surface area contributed by atoms with Gasteiger partial charge in [0.25, 0.3) is 0 Å². The van der Waals surface area contributed by atoms with E-state index in [0.717, 1.165) is 35.9 Å². The number of nitrogens with one attached hydrogen (secondary N) is 1. The van der Waals surface area contributed by atoms with E-state index in [1.165, 1.54) is 6.07 Å². The van der Waals surface area contributed by atoms with E-state index in [9.17, 15) is 9.50 Å². The molecule has 1 unspecified atom stereocenters. The van der Waals surface area contributed by atoms with E-state index < -0.39 is 0 Å². The van der Waals surface area contributed by atoms with Crippen molar-refractivity contribution in [2.75, 3.05) is 23.3 Å². The van der Waals surface area contributed by atoms with Crippen molar-refractivity contribution in [3.8, 4) is 0 Å². The third-order valence-electron chi connectivity index (χ3n) is 4.93. The van der Waals surface area contributed by atoms with Crippen LogP contribution in [-0.4, -0.2) is 29.2 Å². The average Bonchev–Trinajstić information content (AvgIpc) is 2.68. The third-order valence-corrected chi connectivity index (χ3v) is 4.93. The Kier molecular flexibility index (Phi) is 4.71. The minimum absolute atomic E-state index is 0.0656. The fourth-order valence-electron chi connectivity index (χ4n) is 3.62. The standard InChI is InChI=1S/C21H22FN3O/c22-18-8-2-4-10-20(18)25-11-5-7-17(13-25)23-21-16(14-26)12-15-6-1-3-9-19(15)24-21/h1-4,6,8-10,12,17,26H,5,7,11,13-14H2,(H,23,24). The van der Waals surface area contributed by atoms with Gasteiger partial charge in [-0.15, -0.1) is 0 Å². The van der Waals surface area contributed by atoms with Gasteiger partial charge in [0.05, 0.1) is 17.8 Å². The van der Waals surface area contributed by atoms with Gasteiger partial charge in [-0.2, -0.15) is 0 Å². The largest absolute Gasteiger partial charge is 0.392 e. The molecule has 5 heteroatoms. The maximum atomic E-state index is 14.1. The number of halogens is 1. The van der Waals surface area contributed by atoms with E-state index in [4.69, 9.17) is 4.98 Å². The highest BCUT2D eigenvalue weighted by atomic mass is 19.1. The summed E-state index contributed by atoms with van der Waals surface area (Å²) in [6, 6.07) is 16.9. The van der Waals surface area contributed by atoms with Gasteiger partial charge in [0.1, 0.15) is 11.6 Å². The van der Waals surface area contributed by atoms with Crippen LogP contribution in [0.4, 0.5) is 15.9 Å². The molecule has 26 heavy (non-hydrogen) atoms. The van der Waals surface area contributed by atoms with Gasteiger partial charge in [0, 0.05) is 30.1 Å². The molecule has 2 N–H and O–H groups in total. The molecule has 0 spiro atoms. The molecule has 1 fully saturated rings. The summed E-state index contributed by atoms with van der Waals surface area (Å²) in [5, 5.41) is 14.2. The smallest absolute Gasteiger partial charge is 0.146 e. The number of rotatable bonds is 4. The van der Waals surface area contributed by atoms with E-state index in [0.29, 0.717) is 18.1 Å². The summed E-state index contributed by atoms with van der Waals surface area (Å²) in [4.78, 5) is 6.77. The molecular weight excluding hydrogens is 329 g/mol. The SMILES string of the molecule is OCc1cc2ccccc2nc1NC1CCCN(c2ccccc2F)C1. The number of hydrogen-bond acceptors (Lipinski definition) is 4. The van der Waals surface area contributed by atoms with Gasteiger partial charge in [-0.3, -0.25) is 0 Å². The Morgan fingerprint density at radius 3 is 2.81 bits per heavy atom. The van der Waals surface area contributed by atoms with Crippen molar-refractivity contribution < 1.29 is 9.50 Å². The van der Waals surface area contributed by atoms with Crippen molar-refractivity contribution in [2.45, 2.75) is 25.5 Å². The van der Waals surface area contributed by atoms with Crippen LogP contribution in [0.15, 0.2) is 54.6 Å². The number of piperidine rings is 1. The van der Waals surface area contributed by atoms with Gasteiger partial charge < -0.3 is 15.3 Å². The molecule has 0 bridgehead atoms. The first-order chi connectivity index (χ1) is 12.7. The van der Waals surface area contributed by atoms with Crippen molar-refractivity contribution in [1.82, 2.24) is 4.98 Å². The minimum Gasteiger partial charge on any atom is -0.392 e. The summed E-state index contributed by atoms with van der Waals surface area (Å²) in [6.45, 7) is 1.49. The maximum Gasteiger partial charge on any atom is 0.146 e. The maximum absolute atomic E-state index is 14.1. The van der Waals surface area contributed by atoms with Crippen LogP contribution < -0.4 is 10.2 Å². The molecule has 1 saturated heterocycles. The lowest BCUT2D eigenvalue weighted by atomic mass is 10.0. The number of pyridine rings is 1. The zero-order valence-electron chi connectivity index (χ0n) is 14.5. The molecule has 1 aliphatic rings. The average molecular weight is 351 g/mol. The Labute approximate surface area is 152 Å². The summed E-state index contributed by atoms with van der Waals surface area (Å²) >= 11 is 0. The Morgan fingerprint density at radius 1 is 1.15 bits per heavy atom. The first-order valence-electron chi connectivity index (χ1n) is 9.00. The molecule has 1 aromatic heterocycles. The summed E-state index contributed by atoms with van der Waals surface area (Å²) in [5.74, 6) is 0.527. The van der Waals surface area contributed by atoms with E-state index in [1.807, 2.05) is 42.5 Å². The molecule has 4 nitrogen and oxygen atoms in total. The van der Waals surface area contributed by atoms with Crippen molar-refractivity contribution in [2.24, 2.45) is 0 Å². The molecule has 4 rings (SSSR count). The molecule has 0 radical (unpaired) electrons. The van der Waals surface area contributed by atoms with Crippen LogP contribution in [0.1, 0.15) is 18.4 Å². The molecule has 1 aliphatic heterocycles. The highest BCUT2D eigenvalue weighted by molar-refractivity contribution is 5.81. The molecule has 3 aromatic rings. The number of anilines is 2. The zero-order valence-corrected chi connectivity index (χ0v) is 14.5. The Bertz CT molecular complexity index is 915. The molecule has 0 amide bonds. The molecular formula is C21H22FN3O. The number of nitrogens with zero attached hydrogens (tertiary/aromatic N) is 2. The van der Waals surface area contributed by atoms with Crippen molar-refractivity contribution in [3.05, 3.63) is 66.0 Å². The predicted molar refractivity (Wildman–Crippen MR) is 103 cm³/mol. The summed E-state index contributed by atoms with van der Waals surface area (Å²) in [7, 11) is 0. The molecule has 0 aliphatic carbocycles. The van der Waals surface area contributed by atoms with Gasteiger partial charge in [0.15, 0.2) is 0 Å². The molecule has 134 valence electrons. The van der Waals surface area contributed by atoms with Gasteiger partial charge >= 0.3 is 0 Å². The van der Waals surface area contributed by atoms with E-state index in [2.05, 4.69) is 10.2 Å². The quantitative estimate of drug-likeness (QED) is 0.747. The number of aliphatic hydroxyl groups is 1. The van der Waals surface area contributed by atoms with E-state index in [-0.39, 0.29) is 18.5 Å². The van der Waals surface area contributed by atoms with Gasteiger partial charge in [-0.1, -0.05) is 30.3 Å². The number of fused-ring (bicyclic) bond motifs is 1.